The molecule has 6 heteroatoms. The molecule has 2 aromatic carbocycles. The normalized spacial score (nSPS) is 10.5. The molecule has 0 aliphatic carbocycles. The van der Waals surface area contributed by atoms with Crippen LogP contribution >= 0.6 is 0 Å². The molecule has 1 heterocycles. The summed E-state index contributed by atoms with van der Waals surface area (Å²) in [5, 5.41) is 21.9. The molecule has 1 amide bonds. The Morgan fingerprint density at radius 2 is 1.82 bits per heavy atom. The van der Waals surface area contributed by atoms with Gasteiger partial charge in [0.2, 0.25) is 0 Å². The fourth-order valence-corrected chi connectivity index (χ4v) is 2.25. The molecule has 22 heavy (non-hydrogen) atoms. The van der Waals surface area contributed by atoms with Crippen LogP contribution < -0.4 is 5.32 Å². The van der Waals surface area contributed by atoms with Gasteiger partial charge in [-0.05, 0) is 18.2 Å². The summed E-state index contributed by atoms with van der Waals surface area (Å²) < 4.78 is 0. The summed E-state index contributed by atoms with van der Waals surface area (Å²) in [7, 11) is 0. The zero-order valence-electron chi connectivity index (χ0n) is 11.3. The highest BCUT2D eigenvalue weighted by molar-refractivity contribution is 6.12. The summed E-state index contributed by atoms with van der Waals surface area (Å²) in [5.74, 6) is -1.98. The fourth-order valence-electron chi connectivity index (χ4n) is 2.25. The minimum atomic E-state index is -1.23. The van der Waals surface area contributed by atoms with Gasteiger partial charge in [-0.25, -0.2) is 4.79 Å². The first kappa shape index (κ1) is 13.7. The molecule has 3 rings (SSSR count). The maximum atomic E-state index is 12.3. The molecule has 0 radical (unpaired) electrons. The Kier molecular flexibility index (Phi) is 3.27. The van der Waals surface area contributed by atoms with Gasteiger partial charge in [0.25, 0.3) is 5.91 Å². The number of fused-ring (bicyclic) bond motifs is 1. The van der Waals surface area contributed by atoms with Crippen molar-refractivity contribution >= 4 is 28.5 Å². The summed E-state index contributed by atoms with van der Waals surface area (Å²) >= 11 is 0. The lowest BCUT2D eigenvalue weighted by molar-refractivity contribution is 0.0693. The van der Waals surface area contributed by atoms with E-state index in [9.17, 15) is 14.7 Å². The monoisotopic (exact) mass is 296 g/mol. The van der Waals surface area contributed by atoms with Crippen molar-refractivity contribution in [3.05, 3.63) is 59.8 Å². The van der Waals surface area contributed by atoms with Crippen LogP contribution in [0, 0.1) is 0 Å². The Labute approximate surface area is 125 Å². The van der Waals surface area contributed by atoms with E-state index in [-0.39, 0.29) is 11.5 Å². The molecule has 4 N–H and O–H groups in total. The first-order chi connectivity index (χ1) is 10.6. The molecule has 6 nitrogen and oxygen atoms in total. The smallest absolute Gasteiger partial charge is 0.339 e. The standard InChI is InChI=1S/C16H12N2O4/c19-14-7-9(5-6-11(14)16(21)22)18-15(20)12-8-17-13-4-2-1-3-10(12)13/h1-8,17,19H,(H,18,20)(H,21,22). The third-order valence-electron chi connectivity index (χ3n) is 3.32. The molecule has 0 fully saturated rings. The number of aromatic amines is 1. The van der Waals surface area contributed by atoms with Crippen LogP contribution in [0.3, 0.4) is 0 Å². The molecule has 0 aliphatic heterocycles. The van der Waals surface area contributed by atoms with Gasteiger partial charge in [-0.2, -0.15) is 0 Å². The number of amides is 1. The largest absolute Gasteiger partial charge is 0.507 e. The maximum absolute atomic E-state index is 12.3. The molecule has 0 spiro atoms. The highest BCUT2D eigenvalue weighted by atomic mass is 16.4. The molecule has 0 atom stereocenters. The summed E-state index contributed by atoms with van der Waals surface area (Å²) in [4.78, 5) is 26.1. The van der Waals surface area contributed by atoms with Crippen LogP contribution in [0.15, 0.2) is 48.7 Å². The highest BCUT2D eigenvalue weighted by Gasteiger charge is 2.14. The Balaban J connectivity index is 1.88. The SMILES string of the molecule is O=C(O)c1ccc(NC(=O)c2c[nH]c3ccccc23)cc1O. The predicted molar refractivity (Wildman–Crippen MR) is 81.3 cm³/mol. The Bertz CT molecular complexity index is 883. The molecule has 0 unspecified atom stereocenters. The number of carbonyl (C=O) groups excluding carboxylic acids is 1. The molecule has 0 saturated carbocycles. The Morgan fingerprint density at radius 1 is 1.05 bits per heavy atom. The molecule has 0 saturated heterocycles. The lowest BCUT2D eigenvalue weighted by Gasteiger charge is -2.06. The number of carboxylic acid groups (broad SMARTS) is 1. The number of phenols is 1. The van der Waals surface area contributed by atoms with Gasteiger partial charge >= 0.3 is 5.97 Å². The zero-order valence-corrected chi connectivity index (χ0v) is 11.3. The summed E-state index contributed by atoms with van der Waals surface area (Å²) in [6, 6.07) is 11.3. The van der Waals surface area contributed by atoms with Gasteiger partial charge in [0.1, 0.15) is 11.3 Å². The number of aromatic carboxylic acids is 1. The van der Waals surface area contributed by atoms with Crippen molar-refractivity contribution in [3.63, 3.8) is 0 Å². The first-order valence-corrected chi connectivity index (χ1v) is 6.50. The second-order valence-corrected chi connectivity index (χ2v) is 4.74. The number of benzene rings is 2. The van der Waals surface area contributed by atoms with E-state index in [1.54, 1.807) is 6.20 Å². The molecule has 1 aromatic heterocycles. The van der Waals surface area contributed by atoms with Crippen molar-refractivity contribution in [1.29, 1.82) is 0 Å². The summed E-state index contributed by atoms with van der Waals surface area (Å²) in [6.07, 6.45) is 1.60. The van der Waals surface area contributed by atoms with Gasteiger partial charge in [-0.3, -0.25) is 4.79 Å². The zero-order chi connectivity index (χ0) is 15.7. The summed E-state index contributed by atoms with van der Waals surface area (Å²) in [5.41, 5.74) is 1.41. The van der Waals surface area contributed by atoms with E-state index in [4.69, 9.17) is 5.11 Å². The van der Waals surface area contributed by atoms with E-state index in [0.717, 1.165) is 10.9 Å². The van der Waals surface area contributed by atoms with Gasteiger partial charge in [-0.15, -0.1) is 0 Å². The molecule has 0 bridgehead atoms. The van der Waals surface area contributed by atoms with Gasteiger partial charge in [-0.1, -0.05) is 18.2 Å². The maximum Gasteiger partial charge on any atom is 0.339 e. The average Bonchev–Trinajstić information content (AvgIpc) is 2.91. The molecule has 3 aromatic rings. The van der Waals surface area contributed by atoms with Crippen molar-refractivity contribution in [2.45, 2.75) is 0 Å². The van der Waals surface area contributed by atoms with Crippen LogP contribution in [-0.4, -0.2) is 27.1 Å². The quantitative estimate of drug-likeness (QED) is 0.596. The van der Waals surface area contributed by atoms with Gasteiger partial charge in [0, 0.05) is 28.9 Å². The number of hydrogen-bond donors (Lipinski definition) is 4. The van der Waals surface area contributed by atoms with Crippen LogP contribution in [0.25, 0.3) is 10.9 Å². The predicted octanol–water partition coefficient (Wildman–Crippen LogP) is 2.82. The lowest BCUT2D eigenvalue weighted by atomic mass is 10.1. The third kappa shape index (κ3) is 2.37. The number of hydrogen-bond acceptors (Lipinski definition) is 3. The molecular weight excluding hydrogens is 284 g/mol. The van der Waals surface area contributed by atoms with Crippen LogP contribution in [0.5, 0.6) is 5.75 Å². The van der Waals surface area contributed by atoms with E-state index in [1.807, 2.05) is 24.3 Å². The molecule has 0 aliphatic rings. The Hall–Kier alpha value is -3.28. The van der Waals surface area contributed by atoms with Crippen LogP contribution in [0.1, 0.15) is 20.7 Å². The van der Waals surface area contributed by atoms with Crippen molar-refractivity contribution < 1.29 is 19.8 Å². The van der Waals surface area contributed by atoms with E-state index in [1.165, 1.54) is 18.2 Å². The highest BCUT2D eigenvalue weighted by Crippen LogP contribution is 2.24. The van der Waals surface area contributed by atoms with Crippen LogP contribution in [-0.2, 0) is 0 Å². The van der Waals surface area contributed by atoms with E-state index < -0.39 is 11.7 Å². The van der Waals surface area contributed by atoms with Crippen molar-refractivity contribution in [1.82, 2.24) is 4.98 Å². The second kappa shape index (κ2) is 5.25. The average molecular weight is 296 g/mol. The number of aromatic hydroxyl groups is 1. The minimum absolute atomic E-state index is 0.218. The van der Waals surface area contributed by atoms with Gasteiger partial charge in [0.15, 0.2) is 0 Å². The number of aromatic nitrogens is 1. The van der Waals surface area contributed by atoms with Crippen LogP contribution in [0.2, 0.25) is 0 Å². The number of anilines is 1. The summed E-state index contributed by atoms with van der Waals surface area (Å²) in [6.45, 7) is 0. The molecular formula is C16H12N2O4. The Morgan fingerprint density at radius 3 is 2.55 bits per heavy atom. The fraction of sp³-hybridized carbons (Fsp3) is 0. The third-order valence-corrected chi connectivity index (χ3v) is 3.32. The number of rotatable bonds is 3. The minimum Gasteiger partial charge on any atom is -0.507 e. The number of carbonyl (C=O) groups is 2. The topological polar surface area (TPSA) is 102 Å². The lowest BCUT2D eigenvalue weighted by Crippen LogP contribution is -2.11. The van der Waals surface area contributed by atoms with Crippen LogP contribution in [0.4, 0.5) is 5.69 Å². The first-order valence-electron chi connectivity index (χ1n) is 6.50. The van der Waals surface area contributed by atoms with Crippen molar-refractivity contribution in [2.75, 3.05) is 5.32 Å². The second-order valence-electron chi connectivity index (χ2n) is 4.74. The van der Waals surface area contributed by atoms with Gasteiger partial charge < -0.3 is 20.5 Å². The number of carboxylic acids is 1. The number of nitrogens with one attached hydrogen (secondary N) is 2. The van der Waals surface area contributed by atoms with E-state index in [2.05, 4.69) is 10.3 Å². The van der Waals surface area contributed by atoms with E-state index in [0.29, 0.717) is 11.3 Å². The van der Waals surface area contributed by atoms with Crippen molar-refractivity contribution in [2.24, 2.45) is 0 Å². The van der Waals surface area contributed by atoms with E-state index >= 15 is 0 Å². The van der Waals surface area contributed by atoms with Crippen molar-refractivity contribution in [3.8, 4) is 5.75 Å². The molecule has 110 valence electrons. The van der Waals surface area contributed by atoms with Gasteiger partial charge in [0.05, 0.1) is 5.56 Å². The number of H-pyrrole nitrogens is 1. The number of para-hydroxylation sites is 1.